The molecular formula is C23H43N3O. The van der Waals surface area contributed by atoms with Crippen LogP contribution in [0.25, 0.3) is 0 Å². The van der Waals surface area contributed by atoms with Crippen LogP contribution in [0, 0.1) is 23.7 Å². The molecule has 0 radical (unpaired) electrons. The normalized spacial score (nSPS) is 29.6. The summed E-state index contributed by atoms with van der Waals surface area (Å²) in [5, 5.41) is 0. The zero-order chi connectivity index (χ0) is 19.4. The van der Waals surface area contributed by atoms with Crippen molar-refractivity contribution >= 4 is 5.91 Å². The van der Waals surface area contributed by atoms with Crippen LogP contribution in [0.4, 0.5) is 0 Å². The van der Waals surface area contributed by atoms with E-state index < -0.39 is 0 Å². The fourth-order valence-electron chi connectivity index (χ4n) is 5.52. The summed E-state index contributed by atoms with van der Waals surface area (Å²) >= 11 is 0. The molecule has 1 saturated carbocycles. The van der Waals surface area contributed by atoms with E-state index in [4.69, 9.17) is 0 Å². The van der Waals surface area contributed by atoms with E-state index in [2.05, 4.69) is 28.5 Å². The van der Waals surface area contributed by atoms with Crippen LogP contribution in [0.3, 0.4) is 0 Å². The maximum absolute atomic E-state index is 12.1. The number of piperidine rings is 1. The maximum atomic E-state index is 12.1. The lowest BCUT2D eigenvalue weighted by molar-refractivity contribution is -0.136. The van der Waals surface area contributed by atoms with Crippen molar-refractivity contribution in [1.82, 2.24) is 14.7 Å². The predicted molar refractivity (Wildman–Crippen MR) is 113 cm³/mol. The van der Waals surface area contributed by atoms with Crippen LogP contribution in [0.15, 0.2) is 0 Å². The number of rotatable bonds is 5. The minimum atomic E-state index is 0.137. The van der Waals surface area contributed by atoms with Gasteiger partial charge in [-0.2, -0.15) is 0 Å². The van der Waals surface area contributed by atoms with E-state index in [-0.39, 0.29) is 5.92 Å². The Labute approximate surface area is 167 Å². The van der Waals surface area contributed by atoms with Gasteiger partial charge in [-0.25, -0.2) is 0 Å². The first-order chi connectivity index (χ1) is 12.9. The van der Waals surface area contributed by atoms with Gasteiger partial charge in [-0.1, -0.05) is 27.7 Å². The van der Waals surface area contributed by atoms with Crippen molar-refractivity contribution in [2.24, 2.45) is 23.7 Å². The highest BCUT2D eigenvalue weighted by atomic mass is 16.2. The van der Waals surface area contributed by atoms with Crippen molar-refractivity contribution in [2.45, 2.75) is 72.3 Å². The molecule has 0 unspecified atom stereocenters. The molecule has 0 aromatic heterocycles. The number of hydrogen-bond acceptors (Lipinski definition) is 3. The highest BCUT2D eigenvalue weighted by molar-refractivity contribution is 5.78. The lowest BCUT2D eigenvalue weighted by Gasteiger charge is -2.43. The monoisotopic (exact) mass is 377 g/mol. The third-order valence-corrected chi connectivity index (χ3v) is 7.54. The topological polar surface area (TPSA) is 26.8 Å². The molecule has 0 aromatic carbocycles. The molecule has 4 nitrogen and oxygen atoms in total. The summed E-state index contributed by atoms with van der Waals surface area (Å²) in [5.41, 5.74) is 0. The first-order valence-electron chi connectivity index (χ1n) is 11.7. The van der Waals surface area contributed by atoms with Crippen LogP contribution in [-0.2, 0) is 4.79 Å². The molecule has 3 aliphatic rings. The lowest BCUT2D eigenvalue weighted by atomic mass is 9.82. The second-order valence-electron chi connectivity index (χ2n) is 10.1. The molecule has 1 amide bonds. The van der Waals surface area contributed by atoms with E-state index in [9.17, 15) is 4.79 Å². The van der Waals surface area contributed by atoms with Crippen molar-refractivity contribution in [3.05, 3.63) is 0 Å². The highest BCUT2D eigenvalue weighted by Gasteiger charge is 2.31. The van der Waals surface area contributed by atoms with Crippen LogP contribution in [0.1, 0.15) is 66.2 Å². The Morgan fingerprint density at radius 3 is 1.93 bits per heavy atom. The number of carbonyl (C=O) groups excluding carboxylic acids is 1. The summed E-state index contributed by atoms with van der Waals surface area (Å²) in [5.74, 6) is 3.16. The van der Waals surface area contributed by atoms with Gasteiger partial charge in [0.15, 0.2) is 0 Å². The molecule has 0 N–H and O–H groups in total. The largest absolute Gasteiger partial charge is 0.340 e. The second kappa shape index (κ2) is 9.73. The number of nitrogens with zero attached hydrogens (tertiary/aromatic N) is 3. The van der Waals surface area contributed by atoms with E-state index in [1.54, 1.807) is 0 Å². The summed E-state index contributed by atoms with van der Waals surface area (Å²) < 4.78 is 0. The fourth-order valence-corrected chi connectivity index (χ4v) is 5.52. The molecule has 3 rings (SSSR count). The molecule has 0 spiro atoms. The molecule has 0 bridgehead atoms. The number of carbonyl (C=O) groups is 1. The summed E-state index contributed by atoms with van der Waals surface area (Å²) in [6.45, 7) is 16.7. The molecule has 2 aliphatic heterocycles. The third-order valence-electron chi connectivity index (χ3n) is 7.54. The fraction of sp³-hybridized carbons (Fsp3) is 0.957. The third kappa shape index (κ3) is 5.69. The van der Waals surface area contributed by atoms with Crippen molar-refractivity contribution in [2.75, 3.05) is 45.8 Å². The van der Waals surface area contributed by atoms with E-state index in [1.165, 1.54) is 58.2 Å². The van der Waals surface area contributed by atoms with E-state index in [0.29, 0.717) is 5.91 Å². The van der Waals surface area contributed by atoms with Gasteiger partial charge in [-0.15, -0.1) is 0 Å². The van der Waals surface area contributed by atoms with E-state index >= 15 is 0 Å². The summed E-state index contributed by atoms with van der Waals surface area (Å²) in [7, 11) is 0. The molecule has 2 heterocycles. The summed E-state index contributed by atoms with van der Waals surface area (Å²) in [6.07, 6.45) is 8.44. The Kier molecular flexibility index (Phi) is 7.61. The van der Waals surface area contributed by atoms with Crippen LogP contribution in [0.2, 0.25) is 0 Å². The molecule has 0 aromatic rings. The van der Waals surface area contributed by atoms with Gasteiger partial charge in [0.25, 0.3) is 0 Å². The second-order valence-corrected chi connectivity index (χ2v) is 10.1. The highest BCUT2D eigenvalue weighted by Crippen LogP contribution is 2.32. The first kappa shape index (κ1) is 21.1. The van der Waals surface area contributed by atoms with E-state index in [1.807, 2.05) is 13.8 Å². The molecule has 0 atom stereocenters. The maximum Gasteiger partial charge on any atom is 0.225 e. The van der Waals surface area contributed by atoms with Crippen molar-refractivity contribution < 1.29 is 4.79 Å². The number of hydrogen-bond donors (Lipinski definition) is 0. The van der Waals surface area contributed by atoms with Crippen molar-refractivity contribution in [1.29, 1.82) is 0 Å². The van der Waals surface area contributed by atoms with Crippen molar-refractivity contribution in [3.8, 4) is 0 Å². The van der Waals surface area contributed by atoms with Gasteiger partial charge in [0, 0.05) is 44.7 Å². The van der Waals surface area contributed by atoms with Crippen LogP contribution in [-0.4, -0.2) is 72.5 Å². The van der Waals surface area contributed by atoms with Crippen LogP contribution >= 0.6 is 0 Å². The zero-order valence-corrected chi connectivity index (χ0v) is 18.3. The molecule has 3 fully saturated rings. The SMILES string of the molecule is CC(C)C(=O)N1CCN(C[C@H]2CC[C@@H](N3CCC(C(C)C)CC3)CC2)CC1. The average Bonchev–Trinajstić information content (AvgIpc) is 2.68. The molecule has 156 valence electrons. The Hall–Kier alpha value is -0.610. The molecular weight excluding hydrogens is 334 g/mol. The van der Waals surface area contributed by atoms with E-state index in [0.717, 1.165) is 50.0 Å². The van der Waals surface area contributed by atoms with Crippen LogP contribution in [0.5, 0.6) is 0 Å². The standard InChI is InChI=1S/C23H43N3O/c1-18(2)21-9-11-25(12-10-21)22-7-5-20(6-8-22)17-24-13-15-26(16-14-24)23(27)19(3)4/h18-22H,5-17H2,1-4H3/t20-,22+. The Morgan fingerprint density at radius 2 is 1.41 bits per heavy atom. The lowest BCUT2D eigenvalue weighted by Crippen LogP contribution is -2.51. The molecule has 27 heavy (non-hydrogen) atoms. The zero-order valence-electron chi connectivity index (χ0n) is 18.3. The summed E-state index contributed by atoms with van der Waals surface area (Å²) in [6, 6.07) is 0.856. The number of likely N-dealkylation sites (tertiary alicyclic amines) is 1. The Bertz CT molecular complexity index is 454. The van der Waals surface area contributed by atoms with Crippen molar-refractivity contribution in [3.63, 3.8) is 0 Å². The average molecular weight is 378 g/mol. The van der Waals surface area contributed by atoms with Gasteiger partial charge in [0.2, 0.25) is 5.91 Å². The molecule has 2 saturated heterocycles. The quantitative estimate of drug-likeness (QED) is 0.731. The van der Waals surface area contributed by atoms with Gasteiger partial charge in [0.1, 0.15) is 0 Å². The molecule has 4 heteroatoms. The van der Waals surface area contributed by atoms with Gasteiger partial charge in [-0.05, 0) is 69.4 Å². The van der Waals surface area contributed by atoms with Gasteiger partial charge >= 0.3 is 0 Å². The van der Waals surface area contributed by atoms with Gasteiger partial charge in [0.05, 0.1) is 0 Å². The Morgan fingerprint density at radius 1 is 0.815 bits per heavy atom. The van der Waals surface area contributed by atoms with Gasteiger partial charge in [-0.3, -0.25) is 9.69 Å². The summed E-state index contributed by atoms with van der Waals surface area (Å²) in [4.78, 5) is 19.6. The number of piperazine rings is 1. The molecule has 1 aliphatic carbocycles. The van der Waals surface area contributed by atoms with Crippen LogP contribution < -0.4 is 0 Å². The Balaban J connectivity index is 1.34. The van der Waals surface area contributed by atoms with Gasteiger partial charge < -0.3 is 9.80 Å². The minimum Gasteiger partial charge on any atom is -0.340 e. The smallest absolute Gasteiger partial charge is 0.225 e. The predicted octanol–water partition coefficient (Wildman–Crippen LogP) is 3.71. The first-order valence-corrected chi connectivity index (χ1v) is 11.7. The minimum absolute atomic E-state index is 0.137. The number of amides is 1.